The SMILES string of the molecule is CNCc1cc(COCCN2CCCC2)oc1C. The fourth-order valence-corrected chi connectivity index (χ4v) is 2.40. The lowest BCUT2D eigenvalue weighted by Gasteiger charge is -2.13. The third kappa shape index (κ3) is 3.83. The van der Waals surface area contributed by atoms with E-state index >= 15 is 0 Å². The highest BCUT2D eigenvalue weighted by molar-refractivity contribution is 5.20. The van der Waals surface area contributed by atoms with E-state index in [-0.39, 0.29) is 0 Å². The average molecular weight is 252 g/mol. The van der Waals surface area contributed by atoms with E-state index in [1.807, 2.05) is 14.0 Å². The van der Waals surface area contributed by atoms with Gasteiger partial charge in [0.15, 0.2) is 0 Å². The van der Waals surface area contributed by atoms with Crippen LogP contribution in [0.3, 0.4) is 0 Å². The predicted molar refractivity (Wildman–Crippen MR) is 71.5 cm³/mol. The standard InChI is InChI=1S/C14H24N2O2/c1-12-13(10-15-2)9-14(18-12)11-17-8-7-16-5-3-4-6-16/h9,15H,3-8,10-11H2,1-2H3. The van der Waals surface area contributed by atoms with Crippen LogP contribution >= 0.6 is 0 Å². The highest BCUT2D eigenvalue weighted by atomic mass is 16.5. The zero-order valence-corrected chi connectivity index (χ0v) is 11.5. The lowest BCUT2D eigenvalue weighted by Crippen LogP contribution is -2.23. The lowest BCUT2D eigenvalue weighted by atomic mass is 10.2. The molecule has 1 fully saturated rings. The molecule has 0 aliphatic carbocycles. The van der Waals surface area contributed by atoms with E-state index in [9.17, 15) is 0 Å². The molecule has 0 saturated carbocycles. The maximum absolute atomic E-state index is 5.67. The predicted octanol–water partition coefficient (Wildman–Crippen LogP) is 1.92. The smallest absolute Gasteiger partial charge is 0.130 e. The normalized spacial score (nSPS) is 16.6. The number of nitrogens with zero attached hydrogens (tertiary/aromatic N) is 1. The summed E-state index contributed by atoms with van der Waals surface area (Å²) in [6.07, 6.45) is 2.68. The van der Waals surface area contributed by atoms with E-state index in [4.69, 9.17) is 9.15 Å². The molecule has 18 heavy (non-hydrogen) atoms. The van der Waals surface area contributed by atoms with Crippen LogP contribution in [0, 0.1) is 6.92 Å². The van der Waals surface area contributed by atoms with E-state index < -0.39 is 0 Å². The van der Waals surface area contributed by atoms with Gasteiger partial charge in [0.2, 0.25) is 0 Å². The van der Waals surface area contributed by atoms with Crippen molar-refractivity contribution in [1.82, 2.24) is 10.2 Å². The van der Waals surface area contributed by atoms with E-state index in [2.05, 4.69) is 16.3 Å². The lowest BCUT2D eigenvalue weighted by molar-refractivity contribution is 0.0870. The Morgan fingerprint density at radius 3 is 2.89 bits per heavy atom. The molecule has 102 valence electrons. The second-order valence-electron chi connectivity index (χ2n) is 4.93. The zero-order valence-electron chi connectivity index (χ0n) is 11.5. The van der Waals surface area contributed by atoms with Crippen LogP contribution < -0.4 is 5.32 Å². The van der Waals surface area contributed by atoms with Gasteiger partial charge in [0.1, 0.15) is 18.1 Å². The minimum atomic E-state index is 0.582. The fraction of sp³-hybridized carbons (Fsp3) is 0.714. The first-order valence-corrected chi connectivity index (χ1v) is 6.82. The van der Waals surface area contributed by atoms with Gasteiger partial charge >= 0.3 is 0 Å². The Balaban J connectivity index is 1.67. The molecule has 1 aromatic heterocycles. The van der Waals surface area contributed by atoms with Gasteiger partial charge in [-0.05, 0) is 46.0 Å². The van der Waals surface area contributed by atoms with E-state index in [1.54, 1.807) is 0 Å². The van der Waals surface area contributed by atoms with Gasteiger partial charge in [-0.1, -0.05) is 0 Å². The minimum Gasteiger partial charge on any atom is -0.464 e. The first kappa shape index (κ1) is 13.6. The van der Waals surface area contributed by atoms with Crippen molar-refractivity contribution >= 4 is 0 Å². The van der Waals surface area contributed by atoms with E-state index in [0.29, 0.717) is 6.61 Å². The molecular weight excluding hydrogens is 228 g/mol. The van der Waals surface area contributed by atoms with Gasteiger partial charge in [0.25, 0.3) is 0 Å². The fourth-order valence-electron chi connectivity index (χ4n) is 2.40. The Labute approximate surface area is 109 Å². The summed E-state index contributed by atoms with van der Waals surface area (Å²) in [6, 6.07) is 2.09. The molecule has 0 spiro atoms. The van der Waals surface area contributed by atoms with Crippen molar-refractivity contribution in [3.05, 3.63) is 23.2 Å². The van der Waals surface area contributed by atoms with E-state index in [1.165, 1.54) is 31.5 Å². The van der Waals surface area contributed by atoms with Crippen LogP contribution in [-0.2, 0) is 17.9 Å². The second-order valence-corrected chi connectivity index (χ2v) is 4.93. The molecule has 4 nitrogen and oxygen atoms in total. The Morgan fingerprint density at radius 2 is 2.17 bits per heavy atom. The molecule has 0 atom stereocenters. The van der Waals surface area contributed by atoms with Crippen molar-refractivity contribution < 1.29 is 9.15 Å². The summed E-state index contributed by atoms with van der Waals surface area (Å²) in [4.78, 5) is 2.46. The largest absolute Gasteiger partial charge is 0.464 e. The monoisotopic (exact) mass is 252 g/mol. The van der Waals surface area contributed by atoms with Crippen LogP contribution in [0.2, 0.25) is 0 Å². The average Bonchev–Trinajstić information content (AvgIpc) is 2.96. The summed E-state index contributed by atoms with van der Waals surface area (Å²) in [7, 11) is 1.94. The summed E-state index contributed by atoms with van der Waals surface area (Å²) in [5.41, 5.74) is 1.22. The summed E-state index contributed by atoms with van der Waals surface area (Å²) < 4.78 is 11.3. The van der Waals surface area contributed by atoms with Crippen LogP contribution in [0.5, 0.6) is 0 Å². The van der Waals surface area contributed by atoms with Gasteiger partial charge in [-0.25, -0.2) is 0 Å². The first-order valence-electron chi connectivity index (χ1n) is 6.82. The van der Waals surface area contributed by atoms with Crippen LogP contribution in [-0.4, -0.2) is 38.2 Å². The highest BCUT2D eigenvalue weighted by Crippen LogP contribution is 2.15. The topological polar surface area (TPSA) is 37.6 Å². The van der Waals surface area contributed by atoms with Crippen molar-refractivity contribution in [2.45, 2.75) is 32.9 Å². The van der Waals surface area contributed by atoms with Crippen LogP contribution in [0.15, 0.2) is 10.5 Å². The molecule has 1 N–H and O–H groups in total. The van der Waals surface area contributed by atoms with Crippen molar-refractivity contribution in [3.63, 3.8) is 0 Å². The quantitative estimate of drug-likeness (QED) is 0.752. The number of likely N-dealkylation sites (tertiary alicyclic amines) is 1. The number of ether oxygens (including phenoxy) is 1. The first-order chi connectivity index (χ1) is 8.79. The molecule has 0 radical (unpaired) electrons. The third-order valence-corrected chi connectivity index (χ3v) is 3.43. The number of furan rings is 1. The van der Waals surface area contributed by atoms with E-state index in [0.717, 1.165) is 31.2 Å². The molecule has 1 aliphatic rings. The van der Waals surface area contributed by atoms with Crippen molar-refractivity contribution in [2.75, 3.05) is 33.3 Å². The summed E-state index contributed by atoms with van der Waals surface area (Å²) >= 11 is 0. The number of nitrogens with one attached hydrogen (secondary N) is 1. The number of aryl methyl sites for hydroxylation is 1. The molecule has 0 unspecified atom stereocenters. The Morgan fingerprint density at radius 1 is 1.39 bits per heavy atom. The van der Waals surface area contributed by atoms with Crippen molar-refractivity contribution in [3.8, 4) is 0 Å². The van der Waals surface area contributed by atoms with Crippen LogP contribution in [0.25, 0.3) is 0 Å². The second kappa shape index (κ2) is 6.92. The maximum Gasteiger partial charge on any atom is 0.130 e. The summed E-state index contributed by atoms with van der Waals surface area (Å²) in [5, 5.41) is 3.14. The molecular formula is C14H24N2O2. The number of rotatable bonds is 7. The van der Waals surface area contributed by atoms with Crippen molar-refractivity contribution in [2.24, 2.45) is 0 Å². The molecule has 1 saturated heterocycles. The van der Waals surface area contributed by atoms with Gasteiger partial charge in [0.05, 0.1) is 6.61 Å². The van der Waals surface area contributed by atoms with Gasteiger partial charge in [-0.15, -0.1) is 0 Å². The van der Waals surface area contributed by atoms with Gasteiger partial charge < -0.3 is 19.4 Å². The summed E-state index contributed by atoms with van der Waals surface area (Å²) in [6.45, 7) is 7.73. The van der Waals surface area contributed by atoms with Crippen LogP contribution in [0.4, 0.5) is 0 Å². The van der Waals surface area contributed by atoms with Gasteiger partial charge in [-0.3, -0.25) is 0 Å². The molecule has 0 aromatic carbocycles. The Kier molecular flexibility index (Phi) is 5.23. The Bertz CT molecular complexity index is 357. The third-order valence-electron chi connectivity index (χ3n) is 3.43. The Hall–Kier alpha value is -0.840. The number of hydrogen-bond donors (Lipinski definition) is 1. The molecule has 2 rings (SSSR count). The summed E-state index contributed by atoms with van der Waals surface area (Å²) in [5.74, 6) is 1.92. The van der Waals surface area contributed by atoms with Gasteiger partial charge in [-0.2, -0.15) is 0 Å². The van der Waals surface area contributed by atoms with Crippen molar-refractivity contribution in [1.29, 1.82) is 0 Å². The number of hydrogen-bond acceptors (Lipinski definition) is 4. The molecule has 0 bridgehead atoms. The maximum atomic E-state index is 5.67. The molecule has 1 aliphatic heterocycles. The molecule has 2 heterocycles. The molecule has 4 heteroatoms. The molecule has 0 amide bonds. The van der Waals surface area contributed by atoms with Gasteiger partial charge in [0, 0.05) is 18.7 Å². The molecule has 1 aromatic rings. The highest BCUT2D eigenvalue weighted by Gasteiger charge is 2.11. The zero-order chi connectivity index (χ0) is 12.8. The van der Waals surface area contributed by atoms with Crippen LogP contribution in [0.1, 0.15) is 29.9 Å². The minimum absolute atomic E-state index is 0.582.